The molecule has 1 saturated carbocycles. The summed E-state index contributed by atoms with van der Waals surface area (Å²) in [6.07, 6.45) is 4.03. The number of rotatable bonds is 10. The number of benzene rings is 2. The standard InChI is InChI=1S/C38H52F3N7O2/c1-24(29-19-30(38(39,40)41)21-31(42)20-29)44-36-33-22-32(35(50-3)23-34(33)45-25(2)46-36)27-6-8-28(9-7-27)37(49)48-17-15-47(16-18-48)14-4-5-26-10-12-43-13-11-26/h19-24,26-28,43H,4-18,42H2,1-3H3,(H,44,45,46)/t24-,27-,28-/m1/s1. The molecule has 4 N–H and O–H groups in total. The molecular formula is C38H52F3N7O2. The van der Waals surface area contributed by atoms with Crippen LogP contribution in [0.3, 0.4) is 0 Å². The van der Waals surface area contributed by atoms with E-state index in [1.807, 2.05) is 6.07 Å². The molecule has 1 atom stereocenters. The zero-order valence-corrected chi connectivity index (χ0v) is 29.6. The molecule has 0 unspecified atom stereocenters. The second-order valence-corrected chi connectivity index (χ2v) is 14.5. The summed E-state index contributed by atoms with van der Waals surface area (Å²) in [6.45, 7) is 10.5. The van der Waals surface area contributed by atoms with Gasteiger partial charge in [-0.25, -0.2) is 9.97 Å². The van der Waals surface area contributed by atoms with Crippen molar-refractivity contribution >= 4 is 28.3 Å². The van der Waals surface area contributed by atoms with Crippen LogP contribution in [0.4, 0.5) is 24.7 Å². The number of alkyl halides is 3. The number of aryl methyl sites for hydroxylation is 1. The number of amides is 1. The van der Waals surface area contributed by atoms with E-state index in [1.165, 1.54) is 25.7 Å². The van der Waals surface area contributed by atoms with Gasteiger partial charge in [-0.05, 0) is 132 Å². The van der Waals surface area contributed by atoms with Crippen molar-refractivity contribution in [1.29, 1.82) is 0 Å². The highest BCUT2D eigenvalue weighted by atomic mass is 19.4. The van der Waals surface area contributed by atoms with E-state index in [2.05, 4.69) is 36.5 Å². The molecule has 0 bridgehead atoms. The number of fused-ring (bicyclic) bond motifs is 1. The SMILES string of the molecule is COc1cc2nc(C)nc(N[C@H](C)c3cc(N)cc(C(F)(F)F)c3)c2cc1[C@H]1CC[C@H](C(=O)N2CCN(CCCC3CCNCC3)CC2)CC1. The number of ether oxygens (including phenoxy) is 1. The Balaban J connectivity index is 1.09. The third-order valence-corrected chi connectivity index (χ3v) is 11.1. The smallest absolute Gasteiger partial charge is 0.416 e. The zero-order valence-electron chi connectivity index (χ0n) is 29.6. The molecule has 2 aromatic carbocycles. The van der Waals surface area contributed by atoms with Crippen LogP contribution in [0.1, 0.15) is 92.8 Å². The third kappa shape index (κ3) is 8.62. The van der Waals surface area contributed by atoms with Crippen molar-refractivity contribution in [3.63, 3.8) is 0 Å². The van der Waals surface area contributed by atoms with Crippen LogP contribution in [-0.2, 0) is 11.0 Å². The predicted octanol–water partition coefficient (Wildman–Crippen LogP) is 6.92. The number of piperidine rings is 1. The van der Waals surface area contributed by atoms with Crippen molar-refractivity contribution in [3.8, 4) is 5.75 Å². The van der Waals surface area contributed by atoms with E-state index in [0.717, 1.165) is 106 Å². The lowest BCUT2D eigenvalue weighted by atomic mass is 9.77. The van der Waals surface area contributed by atoms with E-state index in [1.54, 1.807) is 27.0 Å². The highest BCUT2D eigenvalue weighted by Gasteiger charge is 2.34. The van der Waals surface area contributed by atoms with E-state index in [4.69, 9.17) is 10.5 Å². The minimum absolute atomic E-state index is 0.0353. The Bertz CT molecular complexity index is 1630. The Morgan fingerprint density at radius 3 is 2.42 bits per heavy atom. The molecule has 6 rings (SSSR count). The van der Waals surface area contributed by atoms with Gasteiger partial charge in [0.2, 0.25) is 5.91 Å². The number of carbonyl (C=O) groups is 1. The van der Waals surface area contributed by atoms with Crippen molar-refractivity contribution < 1.29 is 22.7 Å². The molecule has 50 heavy (non-hydrogen) atoms. The highest BCUT2D eigenvalue weighted by molar-refractivity contribution is 5.91. The molecule has 1 amide bonds. The normalized spacial score (nSPS) is 21.7. The Morgan fingerprint density at radius 2 is 1.74 bits per heavy atom. The van der Waals surface area contributed by atoms with Crippen LogP contribution >= 0.6 is 0 Å². The summed E-state index contributed by atoms with van der Waals surface area (Å²) >= 11 is 0. The number of hydrogen-bond acceptors (Lipinski definition) is 8. The lowest BCUT2D eigenvalue weighted by Crippen LogP contribution is -2.50. The lowest BCUT2D eigenvalue weighted by molar-refractivity contribution is -0.138. The predicted molar refractivity (Wildman–Crippen MR) is 191 cm³/mol. The molecule has 0 spiro atoms. The van der Waals surface area contributed by atoms with Gasteiger partial charge >= 0.3 is 6.18 Å². The van der Waals surface area contributed by atoms with Crippen LogP contribution in [0.15, 0.2) is 30.3 Å². The largest absolute Gasteiger partial charge is 0.496 e. The second kappa shape index (κ2) is 15.7. The topological polar surface area (TPSA) is 109 Å². The summed E-state index contributed by atoms with van der Waals surface area (Å²) in [5, 5.41) is 7.55. The number of anilines is 2. The average Bonchev–Trinajstić information content (AvgIpc) is 3.11. The molecule has 272 valence electrons. The molecule has 9 nitrogen and oxygen atoms in total. The van der Waals surface area contributed by atoms with Gasteiger partial charge in [0.25, 0.3) is 0 Å². The number of nitrogens with one attached hydrogen (secondary N) is 2. The zero-order chi connectivity index (χ0) is 35.4. The fourth-order valence-electron chi connectivity index (χ4n) is 8.15. The van der Waals surface area contributed by atoms with Gasteiger partial charge in [-0.3, -0.25) is 9.69 Å². The number of nitrogens with zero attached hydrogens (tertiary/aromatic N) is 4. The molecule has 1 aliphatic carbocycles. The molecule has 1 aromatic heterocycles. The van der Waals surface area contributed by atoms with E-state index in [0.29, 0.717) is 28.6 Å². The molecular weight excluding hydrogens is 643 g/mol. The van der Waals surface area contributed by atoms with Crippen molar-refractivity contribution in [2.75, 3.05) is 64.0 Å². The number of nitrogen functional groups attached to an aromatic ring is 1. The Labute approximate surface area is 293 Å². The van der Waals surface area contributed by atoms with Crippen LogP contribution in [0, 0.1) is 18.8 Å². The maximum Gasteiger partial charge on any atom is 0.416 e. The number of hydrogen-bond donors (Lipinski definition) is 3. The van der Waals surface area contributed by atoms with E-state index in [-0.39, 0.29) is 17.5 Å². The number of halogens is 3. The Morgan fingerprint density at radius 1 is 1.02 bits per heavy atom. The van der Waals surface area contributed by atoms with Gasteiger partial charge in [-0.1, -0.05) is 0 Å². The number of carbonyl (C=O) groups excluding carboxylic acids is 1. The maximum absolute atomic E-state index is 13.6. The van der Waals surface area contributed by atoms with E-state index >= 15 is 0 Å². The molecule has 3 aliphatic rings. The first-order chi connectivity index (χ1) is 24.0. The van der Waals surface area contributed by atoms with Crippen molar-refractivity contribution in [2.45, 2.75) is 83.4 Å². The van der Waals surface area contributed by atoms with Crippen LogP contribution in [0.2, 0.25) is 0 Å². The molecule has 3 fully saturated rings. The van der Waals surface area contributed by atoms with Gasteiger partial charge in [-0.2, -0.15) is 13.2 Å². The van der Waals surface area contributed by atoms with Gasteiger partial charge in [0.1, 0.15) is 17.4 Å². The van der Waals surface area contributed by atoms with E-state index < -0.39 is 17.8 Å². The Kier molecular flexibility index (Phi) is 11.4. The van der Waals surface area contributed by atoms with Gasteiger partial charge in [0.15, 0.2) is 0 Å². The van der Waals surface area contributed by atoms with Crippen LogP contribution in [0.25, 0.3) is 10.9 Å². The summed E-state index contributed by atoms with van der Waals surface area (Å²) in [5.74, 6) is 3.20. The monoisotopic (exact) mass is 695 g/mol. The minimum Gasteiger partial charge on any atom is -0.496 e. The van der Waals surface area contributed by atoms with Crippen molar-refractivity contribution in [2.24, 2.45) is 11.8 Å². The number of aromatic nitrogens is 2. The minimum atomic E-state index is -4.50. The molecule has 2 saturated heterocycles. The van der Waals surface area contributed by atoms with Gasteiger partial charge in [0, 0.05) is 49.2 Å². The molecule has 0 radical (unpaired) electrons. The van der Waals surface area contributed by atoms with Crippen LogP contribution in [0.5, 0.6) is 5.75 Å². The average molecular weight is 696 g/mol. The van der Waals surface area contributed by atoms with E-state index in [9.17, 15) is 18.0 Å². The summed E-state index contributed by atoms with van der Waals surface area (Å²) in [6, 6.07) is 7.08. The van der Waals surface area contributed by atoms with Crippen molar-refractivity contribution in [1.82, 2.24) is 25.1 Å². The summed E-state index contributed by atoms with van der Waals surface area (Å²) < 4.78 is 46.4. The summed E-state index contributed by atoms with van der Waals surface area (Å²) in [5.41, 5.74) is 7.25. The molecule has 2 aliphatic heterocycles. The quantitative estimate of drug-likeness (QED) is 0.196. The lowest BCUT2D eigenvalue weighted by Gasteiger charge is -2.38. The maximum atomic E-state index is 13.6. The second-order valence-electron chi connectivity index (χ2n) is 14.5. The molecule has 3 aromatic rings. The number of nitrogens with two attached hydrogens (primary N) is 1. The summed E-state index contributed by atoms with van der Waals surface area (Å²) in [4.78, 5) is 27.5. The fraction of sp³-hybridized carbons (Fsp3) is 0.605. The first-order valence-corrected chi connectivity index (χ1v) is 18.3. The van der Waals surface area contributed by atoms with Crippen LogP contribution in [-0.4, -0.2) is 78.6 Å². The third-order valence-electron chi connectivity index (χ3n) is 11.1. The molecule has 12 heteroatoms. The Hall–Kier alpha value is -3.64. The van der Waals surface area contributed by atoms with Gasteiger partial charge < -0.3 is 26.0 Å². The van der Waals surface area contributed by atoms with Crippen LogP contribution < -0.4 is 21.1 Å². The fourth-order valence-corrected chi connectivity index (χ4v) is 8.15. The molecule has 3 heterocycles. The van der Waals surface area contributed by atoms with Gasteiger partial charge in [0.05, 0.1) is 24.2 Å². The van der Waals surface area contributed by atoms with Crippen molar-refractivity contribution in [3.05, 3.63) is 52.8 Å². The number of methoxy groups -OCH3 is 1. The highest BCUT2D eigenvalue weighted by Crippen LogP contribution is 2.43. The first kappa shape index (κ1) is 36.2. The number of piperazine rings is 1. The first-order valence-electron chi connectivity index (χ1n) is 18.3. The summed E-state index contributed by atoms with van der Waals surface area (Å²) in [7, 11) is 1.65. The van der Waals surface area contributed by atoms with Gasteiger partial charge in [-0.15, -0.1) is 0 Å².